The van der Waals surface area contributed by atoms with Crippen molar-refractivity contribution in [3.8, 4) is 5.82 Å². The van der Waals surface area contributed by atoms with Gasteiger partial charge in [0.25, 0.3) is 11.8 Å². The zero-order chi connectivity index (χ0) is 28.6. The molecule has 1 aromatic carbocycles. The van der Waals surface area contributed by atoms with Crippen molar-refractivity contribution in [2.24, 2.45) is 5.92 Å². The van der Waals surface area contributed by atoms with E-state index in [0.717, 1.165) is 17.6 Å². The molecular weight excluding hydrogens is 591 g/mol. The number of tetrazole rings is 1. The third kappa shape index (κ3) is 6.06. The van der Waals surface area contributed by atoms with Crippen molar-refractivity contribution >= 4 is 52.3 Å². The average Bonchev–Trinajstić information content (AvgIpc) is 3.52. The van der Waals surface area contributed by atoms with Crippen molar-refractivity contribution < 1.29 is 18.4 Å². The van der Waals surface area contributed by atoms with Crippen LogP contribution in [0.3, 0.4) is 0 Å². The highest BCUT2D eigenvalue weighted by Gasteiger charge is 2.30. The first kappa shape index (κ1) is 27.9. The number of carbonyl (C=O) groups is 2. The first-order valence-electron chi connectivity index (χ1n) is 12.0. The maximum atomic E-state index is 13.6. The molecule has 0 aliphatic heterocycles. The SMILES string of the molecule is CC(NC(=O)c1cc(Cl)cc(Cl)c1NC(=O)c1cc(Cn2nnc(C(F)F)n2)nn1-c1ncccc1Cl)C1CC1. The number of nitrogens with one attached hydrogen (secondary N) is 2. The third-order valence-corrected chi connectivity index (χ3v) is 6.94. The summed E-state index contributed by atoms with van der Waals surface area (Å²) in [6.45, 7) is 1.72. The minimum Gasteiger partial charge on any atom is -0.349 e. The van der Waals surface area contributed by atoms with Gasteiger partial charge in [-0.25, -0.2) is 18.4 Å². The Labute approximate surface area is 240 Å². The monoisotopic (exact) mass is 609 g/mol. The molecule has 4 aromatic rings. The van der Waals surface area contributed by atoms with Gasteiger partial charge in [-0.15, -0.1) is 10.2 Å². The van der Waals surface area contributed by atoms with E-state index in [0.29, 0.717) is 5.92 Å². The van der Waals surface area contributed by atoms with E-state index in [4.69, 9.17) is 34.8 Å². The Kier molecular flexibility index (Phi) is 7.97. The second kappa shape index (κ2) is 11.4. The summed E-state index contributed by atoms with van der Waals surface area (Å²) in [5.74, 6) is -1.39. The van der Waals surface area contributed by atoms with Crippen LogP contribution in [0.2, 0.25) is 15.1 Å². The number of benzene rings is 1. The van der Waals surface area contributed by atoms with E-state index >= 15 is 0 Å². The average molecular weight is 611 g/mol. The molecule has 40 heavy (non-hydrogen) atoms. The zero-order valence-electron chi connectivity index (χ0n) is 20.7. The summed E-state index contributed by atoms with van der Waals surface area (Å²) in [4.78, 5) is 31.9. The summed E-state index contributed by atoms with van der Waals surface area (Å²) in [7, 11) is 0. The van der Waals surface area contributed by atoms with E-state index in [2.05, 4.69) is 36.1 Å². The smallest absolute Gasteiger partial charge is 0.301 e. The van der Waals surface area contributed by atoms with Crippen molar-refractivity contribution in [1.82, 2.24) is 40.3 Å². The first-order valence-corrected chi connectivity index (χ1v) is 13.1. The van der Waals surface area contributed by atoms with Gasteiger partial charge >= 0.3 is 6.43 Å². The van der Waals surface area contributed by atoms with Crippen LogP contribution in [0.5, 0.6) is 0 Å². The number of hydrogen-bond acceptors (Lipinski definition) is 7. The molecule has 3 heterocycles. The summed E-state index contributed by atoms with van der Waals surface area (Å²) >= 11 is 18.9. The van der Waals surface area contributed by atoms with Crippen molar-refractivity contribution in [3.63, 3.8) is 0 Å². The van der Waals surface area contributed by atoms with Crippen LogP contribution in [0.25, 0.3) is 5.82 Å². The van der Waals surface area contributed by atoms with Crippen LogP contribution in [0, 0.1) is 5.92 Å². The minimum absolute atomic E-state index is 0.0394. The second-order valence-corrected chi connectivity index (χ2v) is 10.3. The molecular formula is C24H20Cl3F2N9O2. The molecule has 1 fully saturated rings. The Morgan fingerprint density at radius 1 is 1.10 bits per heavy atom. The van der Waals surface area contributed by atoms with Crippen molar-refractivity contribution in [2.45, 2.75) is 38.8 Å². The Balaban J connectivity index is 1.49. The lowest BCUT2D eigenvalue weighted by Gasteiger charge is -2.17. The number of hydrogen-bond donors (Lipinski definition) is 2. The van der Waals surface area contributed by atoms with Crippen LogP contribution in [0.4, 0.5) is 14.5 Å². The molecule has 0 bridgehead atoms. The van der Waals surface area contributed by atoms with Gasteiger partial charge in [0.1, 0.15) is 12.2 Å². The summed E-state index contributed by atoms with van der Waals surface area (Å²) in [6.07, 6.45) is 0.606. The molecule has 0 saturated heterocycles. The Hall–Kier alpha value is -3.68. The van der Waals surface area contributed by atoms with Gasteiger partial charge in [0, 0.05) is 17.3 Å². The van der Waals surface area contributed by atoms with Gasteiger partial charge in [0.15, 0.2) is 5.82 Å². The number of amides is 2. The number of rotatable bonds is 9. The van der Waals surface area contributed by atoms with Crippen LogP contribution >= 0.6 is 34.8 Å². The summed E-state index contributed by atoms with van der Waals surface area (Å²) in [5, 5.41) is 20.9. The molecule has 2 amide bonds. The molecule has 2 N–H and O–H groups in total. The van der Waals surface area contributed by atoms with Crippen molar-refractivity contribution in [3.05, 3.63) is 74.4 Å². The highest BCUT2D eigenvalue weighted by Crippen LogP contribution is 2.34. The van der Waals surface area contributed by atoms with Crippen LogP contribution in [-0.4, -0.2) is 52.8 Å². The number of aromatic nitrogens is 7. The number of halogens is 5. The normalized spacial score (nSPS) is 13.9. The molecule has 208 valence electrons. The van der Waals surface area contributed by atoms with Crippen LogP contribution in [0.15, 0.2) is 36.5 Å². The zero-order valence-corrected chi connectivity index (χ0v) is 22.9. The third-order valence-electron chi connectivity index (χ3n) is 6.13. The Bertz CT molecular complexity index is 1590. The minimum atomic E-state index is -2.90. The van der Waals surface area contributed by atoms with E-state index in [1.54, 1.807) is 12.1 Å². The maximum Gasteiger partial charge on any atom is 0.301 e. The molecule has 0 spiro atoms. The number of alkyl halides is 2. The van der Waals surface area contributed by atoms with Gasteiger partial charge in [-0.1, -0.05) is 34.8 Å². The quantitative estimate of drug-likeness (QED) is 0.273. The molecule has 1 aliphatic rings. The predicted molar refractivity (Wildman–Crippen MR) is 142 cm³/mol. The van der Waals surface area contributed by atoms with Crippen molar-refractivity contribution in [2.75, 3.05) is 5.32 Å². The molecule has 1 atom stereocenters. The van der Waals surface area contributed by atoms with Crippen LogP contribution in [-0.2, 0) is 6.54 Å². The molecule has 1 unspecified atom stereocenters. The molecule has 3 aromatic heterocycles. The van der Waals surface area contributed by atoms with E-state index < -0.39 is 24.1 Å². The fourth-order valence-electron chi connectivity index (χ4n) is 3.97. The van der Waals surface area contributed by atoms with E-state index in [-0.39, 0.29) is 56.1 Å². The Morgan fingerprint density at radius 3 is 2.55 bits per heavy atom. The van der Waals surface area contributed by atoms with Crippen molar-refractivity contribution in [1.29, 1.82) is 0 Å². The molecule has 5 rings (SSSR count). The lowest BCUT2D eigenvalue weighted by Crippen LogP contribution is -2.34. The highest BCUT2D eigenvalue weighted by molar-refractivity contribution is 6.38. The highest BCUT2D eigenvalue weighted by atomic mass is 35.5. The fraction of sp³-hybridized carbons (Fsp3) is 0.292. The number of carbonyl (C=O) groups excluding carboxylic acids is 2. The standard InChI is InChI=1S/C24H20Cl3F2N9O2/c1-11(12-4-5-12)31-23(39)15-7-13(25)8-17(27)19(15)32-24(40)18-9-14(10-37-35-21(20(28)29)33-36-37)34-38(18)22-16(26)3-2-6-30-22/h2-3,6-9,11-12,20H,4-5,10H2,1H3,(H,31,39)(H,32,40). The predicted octanol–water partition coefficient (Wildman–Crippen LogP) is 4.98. The molecule has 11 nitrogen and oxygen atoms in total. The lowest BCUT2D eigenvalue weighted by atomic mass is 10.1. The summed E-state index contributed by atoms with van der Waals surface area (Å²) < 4.78 is 27.0. The number of pyridine rings is 1. The molecule has 1 aliphatic carbocycles. The van der Waals surface area contributed by atoms with Gasteiger partial charge in [-0.3, -0.25) is 9.59 Å². The van der Waals surface area contributed by atoms with Gasteiger partial charge in [0.2, 0.25) is 5.82 Å². The fourth-order valence-corrected chi connectivity index (χ4v) is 4.72. The first-order chi connectivity index (χ1) is 19.1. The summed E-state index contributed by atoms with van der Waals surface area (Å²) in [6, 6.07) is 7.27. The lowest BCUT2D eigenvalue weighted by molar-refractivity contribution is 0.0936. The van der Waals surface area contributed by atoms with E-state index in [1.807, 2.05) is 6.92 Å². The van der Waals surface area contributed by atoms with Gasteiger partial charge in [-0.2, -0.15) is 9.90 Å². The topological polar surface area (TPSA) is 133 Å². The number of anilines is 1. The van der Waals surface area contributed by atoms with E-state index in [9.17, 15) is 18.4 Å². The molecule has 0 radical (unpaired) electrons. The molecule has 1 saturated carbocycles. The Morgan fingerprint density at radius 2 is 1.88 bits per heavy atom. The van der Waals surface area contributed by atoms with Gasteiger partial charge in [0.05, 0.1) is 27.0 Å². The number of nitrogens with zero attached hydrogens (tertiary/aromatic N) is 7. The second-order valence-electron chi connectivity index (χ2n) is 9.08. The van der Waals surface area contributed by atoms with Gasteiger partial charge in [-0.05, 0) is 61.2 Å². The maximum absolute atomic E-state index is 13.6. The largest absolute Gasteiger partial charge is 0.349 e. The van der Waals surface area contributed by atoms with Crippen LogP contribution in [0.1, 0.15) is 58.6 Å². The summed E-state index contributed by atoms with van der Waals surface area (Å²) in [5.41, 5.74) is 0.279. The molecule has 16 heteroatoms. The van der Waals surface area contributed by atoms with Crippen LogP contribution < -0.4 is 10.6 Å². The van der Waals surface area contributed by atoms with Gasteiger partial charge < -0.3 is 10.6 Å². The van der Waals surface area contributed by atoms with E-state index in [1.165, 1.54) is 29.1 Å².